The maximum Gasteiger partial charge on any atom is 0.234 e. The van der Waals surface area contributed by atoms with Gasteiger partial charge in [0, 0.05) is 10.6 Å². The van der Waals surface area contributed by atoms with Gasteiger partial charge in [0.15, 0.2) is 0 Å². The van der Waals surface area contributed by atoms with Crippen molar-refractivity contribution >= 4 is 30.1 Å². The number of carbonyl (C=O) groups is 1. The lowest BCUT2D eigenvalue weighted by atomic mass is 10.0. The van der Waals surface area contributed by atoms with E-state index in [0.717, 1.165) is 24.6 Å². The standard InChI is InChI=1S/C15H20N2OS.ClH/c18-15(10-16-9-11-5-6-11)17-13-7-8-19-14-4-2-1-3-12(13)14;/h1-4,11,13,16H,5-10H2,(H,17,18);1H. The molecule has 2 aliphatic rings. The number of fused-ring (bicyclic) bond motifs is 1. The minimum atomic E-state index is 0. The lowest BCUT2D eigenvalue weighted by molar-refractivity contribution is -0.121. The highest BCUT2D eigenvalue weighted by atomic mass is 35.5. The number of rotatable bonds is 5. The Morgan fingerprint density at radius 1 is 1.25 bits per heavy atom. The maximum atomic E-state index is 11.9. The van der Waals surface area contributed by atoms with Gasteiger partial charge in [0.05, 0.1) is 12.6 Å². The van der Waals surface area contributed by atoms with E-state index in [1.165, 1.54) is 23.3 Å². The molecule has 1 amide bonds. The zero-order valence-corrected chi connectivity index (χ0v) is 13.1. The van der Waals surface area contributed by atoms with Crippen molar-refractivity contribution in [2.75, 3.05) is 18.8 Å². The lowest BCUT2D eigenvalue weighted by Crippen LogP contribution is -2.37. The van der Waals surface area contributed by atoms with E-state index in [1.54, 1.807) is 0 Å². The van der Waals surface area contributed by atoms with Gasteiger partial charge in [0.1, 0.15) is 0 Å². The molecule has 20 heavy (non-hydrogen) atoms. The smallest absolute Gasteiger partial charge is 0.234 e. The monoisotopic (exact) mass is 312 g/mol. The SMILES string of the molecule is Cl.O=C(CNCC1CC1)NC1CCSc2ccccc21. The molecule has 1 unspecified atom stereocenters. The molecule has 1 saturated carbocycles. The van der Waals surface area contributed by atoms with Crippen LogP contribution in [0, 0.1) is 5.92 Å². The molecule has 3 nitrogen and oxygen atoms in total. The fraction of sp³-hybridized carbons (Fsp3) is 0.533. The topological polar surface area (TPSA) is 41.1 Å². The first-order chi connectivity index (χ1) is 9.33. The van der Waals surface area contributed by atoms with E-state index < -0.39 is 0 Å². The number of nitrogens with one attached hydrogen (secondary N) is 2. The molecule has 0 saturated heterocycles. The minimum Gasteiger partial charge on any atom is -0.348 e. The van der Waals surface area contributed by atoms with Crippen LogP contribution in [0.3, 0.4) is 0 Å². The molecular weight excluding hydrogens is 292 g/mol. The number of halogens is 1. The van der Waals surface area contributed by atoms with Crippen molar-refractivity contribution in [3.63, 3.8) is 0 Å². The average Bonchev–Trinajstić information content (AvgIpc) is 3.23. The van der Waals surface area contributed by atoms with Crippen LogP contribution < -0.4 is 10.6 Å². The van der Waals surface area contributed by atoms with Crippen molar-refractivity contribution in [2.45, 2.75) is 30.2 Å². The molecule has 1 aromatic carbocycles. The van der Waals surface area contributed by atoms with Crippen LogP contribution in [0.15, 0.2) is 29.2 Å². The van der Waals surface area contributed by atoms with Crippen molar-refractivity contribution in [1.29, 1.82) is 0 Å². The molecule has 2 N–H and O–H groups in total. The van der Waals surface area contributed by atoms with Crippen molar-refractivity contribution in [1.82, 2.24) is 10.6 Å². The first-order valence-corrected chi connectivity index (χ1v) is 8.03. The summed E-state index contributed by atoms with van der Waals surface area (Å²) in [6, 6.07) is 8.57. The molecule has 1 atom stereocenters. The summed E-state index contributed by atoms with van der Waals surface area (Å²) in [6.45, 7) is 1.44. The van der Waals surface area contributed by atoms with Crippen LogP contribution in [0.5, 0.6) is 0 Å². The van der Waals surface area contributed by atoms with Gasteiger partial charge >= 0.3 is 0 Å². The predicted molar refractivity (Wildman–Crippen MR) is 85.5 cm³/mol. The molecule has 1 aliphatic carbocycles. The van der Waals surface area contributed by atoms with E-state index in [2.05, 4.69) is 34.9 Å². The molecule has 0 spiro atoms. The maximum absolute atomic E-state index is 11.9. The van der Waals surface area contributed by atoms with Crippen LogP contribution in [0.1, 0.15) is 30.9 Å². The molecule has 1 aromatic rings. The molecule has 0 bridgehead atoms. The summed E-state index contributed by atoms with van der Waals surface area (Å²) < 4.78 is 0. The van der Waals surface area contributed by atoms with Crippen LogP contribution in [0.2, 0.25) is 0 Å². The molecule has 0 aromatic heterocycles. The van der Waals surface area contributed by atoms with Crippen molar-refractivity contribution in [3.05, 3.63) is 29.8 Å². The summed E-state index contributed by atoms with van der Waals surface area (Å²) in [6.07, 6.45) is 3.67. The van der Waals surface area contributed by atoms with Crippen LogP contribution in [-0.4, -0.2) is 24.7 Å². The third-order valence-electron chi connectivity index (χ3n) is 3.71. The Labute approximate surface area is 130 Å². The number of thioether (sulfide) groups is 1. The Bertz CT molecular complexity index is 465. The van der Waals surface area contributed by atoms with Gasteiger partial charge in [-0.1, -0.05) is 18.2 Å². The summed E-state index contributed by atoms with van der Waals surface area (Å²) in [5, 5.41) is 6.40. The fourth-order valence-corrected chi connectivity index (χ4v) is 3.57. The third kappa shape index (κ3) is 4.14. The van der Waals surface area contributed by atoms with Gasteiger partial charge in [-0.05, 0) is 43.4 Å². The number of carbonyl (C=O) groups excluding carboxylic acids is 1. The van der Waals surface area contributed by atoms with E-state index in [-0.39, 0.29) is 24.4 Å². The van der Waals surface area contributed by atoms with Crippen molar-refractivity contribution < 1.29 is 4.79 Å². The highest BCUT2D eigenvalue weighted by Gasteiger charge is 2.23. The van der Waals surface area contributed by atoms with E-state index >= 15 is 0 Å². The van der Waals surface area contributed by atoms with E-state index in [9.17, 15) is 4.79 Å². The van der Waals surface area contributed by atoms with E-state index in [1.807, 2.05) is 11.8 Å². The summed E-state index contributed by atoms with van der Waals surface area (Å²) in [5.41, 5.74) is 1.27. The molecule has 1 fully saturated rings. The Balaban J connectivity index is 0.00000147. The van der Waals surface area contributed by atoms with Crippen LogP contribution >= 0.6 is 24.2 Å². The fourth-order valence-electron chi connectivity index (χ4n) is 2.45. The van der Waals surface area contributed by atoms with Gasteiger partial charge in [-0.25, -0.2) is 0 Å². The highest BCUT2D eigenvalue weighted by molar-refractivity contribution is 7.99. The Hall–Kier alpha value is -0.710. The number of benzene rings is 1. The molecular formula is C15H21ClN2OS. The second-order valence-corrected chi connectivity index (χ2v) is 6.51. The number of amides is 1. The highest BCUT2D eigenvalue weighted by Crippen LogP contribution is 2.35. The van der Waals surface area contributed by atoms with Crippen molar-refractivity contribution in [2.24, 2.45) is 5.92 Å². The van der Waals surface area contributed by atoms with Gasteiger partial charge in [0.2, 0.25) is 5.91 Å². The molecule has 1 aliphatic heterocycles. The Morgan fingerprint density at radius 2 is 2.05 bits per heavy atom. The first kappa shape index (κ1) is 15.7. The second kappa shape index (κ2) is 7.34. The summed E-state index contributed by atoms with van der Waals surface area (Å²) in [7, 11) is 0. The Morgan fingerprint density at radius 3 is 2.85 bits per heavy atom. The largest absolute Gasteiger partial charge is 0.348 e. The zero-order chi connectivity index (χ0) is 13.1. The summed E-state index contributed by atoms with van der Waals surface area (Å²) in [4.78, 5) is 13.3. The number of hydrogen-bond donors (Lipinski definition) is 2. The number of hydrogen-bond acceptors (Lipinski definition) is 3. The third-order valence-corrected chi connectivity index (χ3v) is 4.83. The van der Waals surface area contributed by atoms with Gasteiger partial charge < -0.3 is 10.6 Å². The minimum absolute atomic E-state index is 0. The van der Waals surface area contributed by atoms with Gasteiger partial charge in [-0.2, -0.15) is 0 Å². The molecule has 110 valence electrons. The second-order valence-electron chi connectivity index (χ2n) is 5.37. The van der Waals surface area contributed by atoms with Crippen LogP contribution in [0.4, 0.5) is 0 Å². The Kier molecular flexibility index (Phi) is 5.75. The van der Waals surface area contributed by atoms with E-state index in [0.29, 0.717) is 6.54 Å². The predicted octanol–water partition coefficient (Wildman–Crippen LogP) is 2.76. The average molecular weight is 313 g/mol. The van der Waals surface area contributed by atoms with E-state index in [4.69, 9.17) is 0 Å². The quantitative estimate of drug-likeness (QED) is 0.878. The lowest BCUT2D eigenvalue weighted by Gasteiger charge is -2.25. The van der Waals surface area contributed by atoms with Gasteiger partial charge in [-0.15, -0.1) is 24.2 Å². The molecule has 3 rings (SSSR count). The molecule has 1 heterocycles. The van der Waals surface area contributed by atoms with Crippen molar-refractivity contribution in [3.8, 4) is 0 Å². The van der Waals surface area contributed by atoms with Gasteiger partial charge in [0.25, 0.3) is 0 Å². The normalized spacial score (nSPS) is 20.7. The molecule has 0 radical (unpaired) electrons. The first-order valence-electron chi connectivity index (χ1n) is 7.05. The van der Waals surface area contributed by atoms with Crippen LogP contribution in [-0.2, 0) is 4.79 Å². The zero-order valence-electron chi connectivity index (χ0n) is 11.4. The molecule has 5 heteroatoms. The van der Waals surface area contributed by atoms with Crippen LogP contribution in [0.25, 0.3) is 0 Å². The summed E-state index contributed by atoms with van der Waals surface area (Å²) in [5.74, 6) is 2.02. The van der Waals surface area contributed by atoms with Gasteiger partial charge in [-0.3, -0.25) is 4.79 Å². The summed E-state index contributed by atoms with van der Waals surface area (Å²) >= 11 is 1.88.